The van der Waals surface area contributed by atoms with Crippen LogP contribution in [0.25, 0.3) is 0 Å². The monoisotopic (exact) mass is 292 g/mol. The highest BCUT2D eigenvalue weighted by Gasteiger charge is 2.07. The lowest BCUT2D eigenvalue weighted by atomic mass is 10.3. The van der Waals surface area contributed by atoms with Crippen LogP contribution in [0.5, 0.6) is 5.75 Å². The molecular formula is C10H14BrClN2O. The molecule has 0 saturated carbocycles. The van der Waals surface area contributed by atoms with E-state index in [-0.39, 0.29) is 0 Å². The third-order valence-electron chi connectivity index (χ3n) is 1.82. The Hall–Kier alpha value is -0.450. The van der Waals surface area contributed by atoms with Crippen LogP contribution in [0.4, 0.5) is 5.69 Å². The molecule has 1 rings (SSSR count). The predicted octanol–water partition coefficient (Wildman–Crippen LogP) is 2.63. The number of hydrogen-bond donors (Lipinski definition) is 1. The summed E-state index contributed by atoms with van der Waals surface area (Å²) in [5.74, 6) is 0.654. The Morgan fingerprint density at radius 1 is 1.47 bits per heavy atom. The van der Waals surface area contributed by atoms with Crippen LogP contribution in [-0.2, 0) is 0 Å². The van der Waals surface area contributed by atoms with Gasteiger partial charge in [0.1, 0.15) is 6.61 Å². The molecule has 0 aliphatic heterocycles. The summed E-state index contributed by atoms with van der Waals surface area (Å²) in [7, 11) is 3.98. The van der Waals surface area contributed by atoms with Gasteiger partial charge in [-0.15, -0.1) is 0 Å². The summed E-state index contributed by atoms with van der Waals surface area (Å²) >= 11 is 9.20. The first kappa shape index (κ1) is 12.6. The van der Waals surface area contributed by atoms with Crippen molar-refractivity contribution in [3.8, 4) is 5.75 Å². The number of nitrogen functional groups attached to an aromatic ring is 1. The Labute approximate surface area is 103 Å². The first-order chi connectivity index (χ1) is 7.00. The van der Waals surface area contributed by atoms with Gasteiger partial charge in [-0.2, -0.15) is 0 Å². The van der Waals surface area contributed by atoms with E-state index in [9.17, 15) is 0 Å². The molecule has 0 heterocycles. The summed E-state index contributed by atoms with van der Waals surface area (Å²) in [6.45, 7) is 1.44. The lowest BCUT2D eigenvalue weighted by molar-refractivity contribution is 0.261. The summed E-state index contributed by atoms with van der Waals surface area (Å²) in [4.78, 5) is 2.04. The molecule has 0 aliphatic carbocycles. The fraction of sp³-hybridized carbons (Fsp3) is 0.400. The molecule has 1 aromatic rings. The fourth-order valence-electron chi connectivity index (χ4n) is 1.06. The van der Waals surface area contributed by atoms with E-state index >= 15 is 0 Å². The van der Waals surface area contributed by atoms with E-state index in [1.807, 2.05) is 19.0 Å². The molecule has 0 aromatic heterocycles. The molecule has 0 aliphatic rings. The third-order valence-corrected chi connectivity index (χ3v) is 2.63. The number of anilines is 1. The van der Waals surface area contributed by atoms with Crippen LogP contribution in [0, 0.1) is 0 Å². The van der Waals surface area contributed by atoms with E-state index in [0.717, 1.165) is 11.0 Å². The number of benzene rings is 1. The lowest BCUT2D eigenvalue weighted by Gasteiger charge is -2.13. The van der Waals surface area contributed by atoms with Crippen LogP contribution in [0.3, 0.4) is 0 Å². The van der Waals surface area contributed by atoms with Gasteiger partial charge in [0.05, 0.1) is 10.2 Å². The minimum absolute atomic E-state index is 0.549. The van der Waals surface area contributed by atoms with E-state index in [4.69, 9.17) is 22.1 Å². The molecule has 0 atom stereocenters. The molecule has 0 amide bonds. The van der Waals surface area contributed by atoms with Crippen molar-refractivity contribution in [3.05, 3.63) is 21.6 Å². The molecule has 0 radical (unpaired) electrons. The lowest BCUT2D eigenvalue weighted by Crippen LogP contribution is -2.19. The number of hydrogen-bond acceptors (Lipinski definition) is 3. The molecule has 1 aromatic carbocycles. The number of rotatable bonds is 4. The van der Waals surface area contributed by atoms with Crippen LogP contribution >= 0.6 is 27.5 Å². The first-order valence-corrected chi connectivity index (χ1v) is 5.70. The minimum atomic E-state index is 0.549. The number of halogens is 2. The largest absolute Gasteiger partial charge is 0.489 e. The Bertz CT molecular complexity index is 321. The van der Waals surface area contributed by atoms with Gasteiger partial charge in [0, 0.05) is 11.6 Å². The van der Waals surface area contributed by atoms with Crippen molar-refractivity contribution in [3.63, 3.8) is 0 Å². The quantitative estimate of drug-likeness (QED) is 0.867. The molecule has 15 heavy (non-hydrogen) atoms. The second-order valence-electron chi connectivity index (χ2n) is 3.46. The number of ether oxygens (including phenoxy) is 1. The summed E-state index contributed by atoms with van der Waals surface area (Å²) in [6.07, 6.45) is 0. The minimum Gasteiger partial charge on any atom is -0.489 e. The van der Waals surface area contributed by atoms with E-state index in [2.05, 4.69) is 15.9 Å². The highest BCUT2D eigenvalue weighted by Crippen LogP contribution is 2.34. The second-order valence-corrected chi connectivity index (χ2v) is 4.75. The average molecular weight is 294 g/mol. The molecule has 0 saturated heterocycles. The Kier molecular flexibility index (Phi) is 4.70. The summed E-state index contributed by atoms with van der Waals surface area (Å²) < 4.78 is 6.34. The highest BCUT2D eigenvalue weighted by molar-refractivity contribution is 9.10. The van der Waals surface area contributed by atoms with Gasteiger partial charge < -0.3 is 15.4 Å². The van der Waals surface area contributed by atoms with E-state index in [0.29, 0.717) is 23.1 Å². The number of nitrogens with two attached hydrogens (primary N) is 1. The van der Waals surface area contributed by atoms with Crippen molar-refractivity contribution in [2.24, 2.45) is 0 Å². The Morgan fingerprint density at radius 3 is 2.67 bits per heavy atom. The normalized spacial score (nSPS) is 10.7. The van der Waals surface area contributed by atoms with Gasteiger partial charge in [0.25, 0.3) is 0 Å². The Morgan fingerprint density at radius 2 is 2.13 bits per heavy atom. The van der Waals surface area contributed by atoms with Gasteiger partial charge in [0.15, 0.2) is 5.75 Å². The van der Waals surface area contributed by atoms with Crippen LogP contribution in [0.15, 0.2) is 16.6 Å². The van der Waals surface area contributed by atoms with Crippen molar-refractivity contribution >= 4 is 33.2 Å². The van der Waals surface area contributed by atoms with Crippen molar-refractivity contribution in [2.45, 2.75) is 0 Å². The molecule has 2 N–H and O–H groups in total. The maximum Gasteiger partial charge on any atom is 0.156 e. The van der Waals surface area contributed by atoms with E-state index in [1.54, 1.807) is 12.1 Å². The zero-order valence-corrected chi connectivity index (χ0v) is 11.1. The average Bonchev–Trinajstić information content (AvgIpc) is 2.08. The van der Waals surface area contributed by atoms with Gasteiger partial charge in [0.2, 0.25) is 0 Å². The molecular weight excluding hydrogens is 279 g/mol. The molecule has 0 fully saturated rings. The smallest absolute Gasteiger partial charge is 0.156 e. The van der Waals surface area contributed by atoms with E-state index in [1.165, 1.54) is 0 Å². The summed E-state index contributed by atoms with van der Waals surface area (Å²) in [5.41, 5.74) is 6.34. The molecule has 3 nitrogen and oxygen atoms in total. The van der Waals surface area contributed by atoms with Gasteiger partial charge in [-0.25, -0.2) is 0 Å². The first-order valence-electron chi connectivity index (χ1n) is 4.52. The molecule has 5 heteroatoms. The fourth-order valence-corrected chi connectivity index (χ4v) is 2.01. The molecule has 0 unspecified atom stereocenters. The van der Waals surface area contributed by atoms with Crippen molar-refractivity contribution in [1.82, 2.24) is 4.90 Å². The van der Waals surface area contributed by atoms with Gasteiger partial charge >= 0.3 is 0 Å². The summed E-state index contributed by atoms with van der Waals surface area (Å²) in [5, 5.41) is 0.597. The third kappa shape index (κ3) is 3.89. The van der Waals surface area contributed by atoms with Crippen LogP contribution in [0.2, 0.25) is 5.02 Å². The molecule has 0 bridgehead atoms. The summed E-state index contributed by atoms with van der Waals surface area (Å²) in [6, 6.07) is 3.44. The van der Waals surface area contributed by atoms with Crippen LogP contribution < -0.4 is 10.5 Å². The molecule has 0 spiro atoms. The highest BCUT2D eigenvalue weighted by atomic mass is 79.9. The maximum atomic E-state index is 5.83. The zero-order chi connectivity index (χ0) is 11.4. The predicted molar refractivity (Wildman–Crippen MR) is 67.6 cm³/mol. The number of likely N-dealkylation sites (N-methyl/N-ethyl adjacent to an activating group) is 1. The second kappa shape index (κ2) is 5.58. The van der Waals surface area contributed by atoms with Gasteiger partial charge in [-0.05, 0) is 42.2 Å². The SMILES string of the molecule is CN(C)CCOc1c(N)cc(Cl)cc1Br. The number of nitrogens with zero attached hydrogens (tertiary/aromatic N) is 1. The van der Waals surface area contributed by atoms with Gasteiger partial charge in [-0.3, -0.25) is 0 Å². The van der Waals surface area contributed by atoms with Crippen LogP contribution in [-0.4, -0.2) is 32.1 Å². The maximum absolute atomic E-state index is 5.83. The van der Waals surface area contributed by atoms with Gasteiger partial charge in [-0.1, -0.05) is 11.6 Å². The van der Waals surface area contributed by atoms with Crippen LogP contribution in [0.1, 0.15) is 0 Å². The Balaban J connectivity index is 2.68. The van der Waals surface area contributed by atoms with Crippen molar-refractivity contribution in [1.29, 1.82) is 0 Å². The standard InChI is InChI=1S/C10H14BrClN2O/c1-14(2)3-4-15-10-8(11)5-7(12)6-9(10)13/h5-6H,3-4,13H2,1-2H3. The zero-order valence-electron chi connectivity index (χ0n) is 8.76. The topological polar surface area (TPSA) is 38.5 Å². The van der Waals surface area contributed by atoms with Crippen molar-refractivity contribution in [2.75, 3.05) is 33.0 Å². The van der Waals surface area contributed by atoms with Crippen molar-refractivity contribution < 1.29 is 4.74 Å². The molecule has 84 valence electrons. The van der Waals surface area contributed by atoms with E-state index < -0.39 is 0 Å².